The molecule has 0 amide bonds. The van der Waals surface area contributed by atoms with Crippen molar-refractivity contribution in [3.05, 3.63) is 46.9 Å². The van der Waals surface area contributed by atoms with Gasteiger partial charge in [0, 0.05) is 0 Å². The molecular formula is C15H17ClN2O2. The summed E-state index contributed by atoms with van der Waals surface area (Å²) in [6.07, 6.45) is 3.19. The third kappa shape index (κ3) is 3.61. The van der Waals surface area contributed by atoms with E-state index in [-0.39, 0.29) is 0 Å². The number of rotatable bonds is 6. The highest BCUT2D eigenvalue weighted by Crippen LogP contribution is 2.24. The maximum atomic E-state index is 6.08. The Labute approximate surface area is 123 Å². The van der Waals surface area contributed by atoms with Gasteiger partial charge in [-0.25, -0.2) is 9.97 Å². The Morgan fingerprint density at radius 1 is 1.15 bits per heavy atom. The zero-order valence-electron chi connectivity index (χ0n) is 11.6. The Kier molecular flexibility index (Phi) is 5.18. The Hall–Kier alpha value is -1.81. The lowest BCUT2D eigenvalue weighted by Crippen LogP contribution is -2.02. The second kappa shape index (κ2) is 7.10. The molecule has 0 bridgehead atoms. The number of methoxy groups -OCH3 is 1. The molecule has 5 heteroatoms. The number of benzene rings is 1. The maximum absolute atomic E-state index is 6.08. The van der Waals surface area contributed by atoms with Gasteiger partial charge in [0.15, 0.2) is 0 Å². The van der Waals surface area contributed by atoms with Crippen LogP contribution in [0.1, 0.15) is 24.5 Å². The minimum absolute atomic E-state index is 0.439. The molecule has 0 aliphatic carbocycles. The molecule has 0 N–H and O–H groups in total. The van der Waals surface area contributed by atoms with Crippen LogP contribution in [0.3, 0.4) is 0 Å². The summed E-state index contributed by atoms with van der Waals surface area (Å²) in [5.74, 6) is 1.38. The minimum Gasteiger partial charge on any atom is -0.497 e. The van der Waals surface area contributed by atoms with Crippen molar-refractivity contribution >= 4 is 11.6 Å². The Morgan fingerprint density at radius 2 is 1.90 bits per heavy atom. The smallest absolute Gasteiger partial charge is 0.221 e. The van der Waals surface area contributed by atoms with E-state index in [0.717, 1.165) is 29.7 Å². The Bertz CT molecular complexity index is 558. The molecule has 20 heavy (non-hydrogen) atoms. The fraction of sp³-hybridized carbons (Fsp3) is 0.333. The lowest BCUT2D eigenvalue weighted by atomic mass is 10.2. The number of hydrogen-bond acceptors (Lipinski definition) is 4. The predicted molar refractivity (Wildman–Crippen MR) is 78.4 cm³/mol. The molecule has 0 aliphatic heterocycles. The van der Waals surface area contributed by atoms with E-state index in [0.29, 0.717) is 17.6 Å². The first kappa shape index (κ1) is 14.6. The van der Waals surface area contributed by atoms with Crippen LogP contribution in [0.4, 0.5) is 0 Å². The lowest BCUT2D eigenvalue weighted by molar-refractivity contribution is 0.289. The summed E-state index contributed by atoms with van der Waals surface area (Å²) < 4.78 is 10.9. The van der Waals surface area contributed by atoms with E-state index < -0.39 is 0 Å². The molecule has 0 saturated carbocycles. The number of hydrogen-bond donors (Lipinski definition) is 0. The van der Waals surface area contributed by atoms with Gasteiger partial charge in [0.05, 0.1) is 12.7 Å². The molecule has 0 spiro atoms. The van der Waals surface area contributed by atoms with Crippen LogP contribution in [0, 0.1) is 0 Å². The summed E-state index contributed by atoms with van der Waals surface area (Å²) >= 11 is 6.08. The lowest BCUT2D eigenvalue weighted by Gasteiger charge is -2.10. The van der Waals surface area contributed by atoms with Gasteiger partial charge < -0.3 is 9.47 Å². The molecule has 0 unspecified atom stereocenters. The highest BCUT2D eigenvalue weighted by atomic mass is 35.5. The quantitative estimate of drug-likeness (QED) is 0.762. The van der Waals surface area contributed by atoms with Crippen molar-refractivity contribution in [2.75, 3.05) is 7.11 Å². The maximum Gasteiger partial charge on any atom is 0.221 e. The van der Waals surface area contributed by atoms with Gasteiger partial charge in [-0.3, -0.25) is 0 Å². The highest BCUT2D eigenvalue weighted by Gasteiger charge is 2.10. The molecule has 0 atom stereocenters. The molecule has 1 aromatic carbocycles. The van der Waals surface area contributed by atoms with Gasteiger partial charge in [0.2, 0.25) is 5.88 Å². The summed E-state index contributed by atoms with van der Waals surface area (Å²) in [4.78, 5) is 8.16. The summed E-state index contributed by atoms with van der Waals surface area (Å²) in [5, 5.41) is 0.464. The van der Waals surface area contributed by atoms with Crippen LogP contribution < -0.4 is 9.47 Å². The van der Waals surface area contributed by atoms with Crippen LogP contribution in [0.25, 0.3) is 0 Å². The number of nitrogens with zero attached hydrogens (tertiary/aromatic N) is 2. The number of halogens is 1. The van der Waals surface area contributed by atoms with Gasteiger partial charge in [-0.05, 0) is 24.1 Å². The first-order valence-corrected chi connectivity index (χ1v) is 6.87. The molecular weight excluding hydrogens is 276 g/mol. The summed E-state index contributed by atoms with van der Waals surface area (Å²) in [7, 11) is 1.64. The van der Waals surface area contributed by atoms with Crippen molar-refractivity contribution in [1.82, 2.24) is 9.97 Å². The van der Waals surface area contributed by atoms with Gasteiger partial charge >= 0.3 is 0 Å². The largest absolute Gasteiger partial charge is 0.497 e. The third-order valence-electron chi connectivity index (χ3n) is 2.89. The van der Waals surface area contributed by atoms with Crippen molar-refractivity contribution < 1.29 is 9.47 Å². The molecule has 0 fully saturated rings. The zero-order chi connectivity index (χ0) is 14.4. The van der Waals surface area contributed by atoms with Crippen molar-refractivity contribution in [2.45, 2.75) is 26.4 Å². The summed E-state index contributed by atoms with van der Waals surface area (Å²) in [5.41, 5.74) is 1.91. The third-order valence-corrected chi connectivity index (χ3v) is 3.21. The molecule has 0 radical (unpaired) electrons. The van der Waals surface area contributed by atoms with Crippen LogP contribution in [-0.2, 0) is 13.0 Å². The SMILES string of the molecule is CCCc1c(Cl)ncnc1OCc1ccc(OC)cc1. The molecule has 1 heterocycles. The van der Waals surface area contributed by atoms with E-state index in [1.54, 1.807) is 7.11 Å². The van der Waals surface area contributed by atoms with Crippen LogP contribution in [0.15, 0.2) is 30.6 Å². The normalized spacial score (nSPS) is 10.3. The molecule has 2 rings (SSSR count). The van der Waals surface area contributed by atoms with Crippen molar-refractivity contribution in [2.24, 2.45) is 0 Å². The highest BCUT2D eigenvalue weighted by molar-refractivity contribution is 6.30. The second-order valence-electron chi connectivity index (χ2n) is 4.33. The molecule has 1 aromatic heterocycles. The first-order valence-electron chi connectivity index (χ1n) is 6.49. The van der Waals surface area contributed by atoms with Gasteiger partial charge in [0.25, 0.3) is 0 Å². The summed E-state index contributed by atoms with van der Waals surface area (Å²) in [6, 6.07) is 7.72. The standard InChI is InChI=1S/C15H17ClN2O2/c1-3-4-13-14(16)17-10-18-15(13)20-9-11-5-7-12(19-2)8-6-11/h5-8,10H,3-4,9H2,1-2H3. The number of ether oxygens (including phenoxy) is 2. The fourth-order valence-electron chi connectivity index (χ4n) is 1.83. The van der Waals surface area contributed by atoms with Crippen molar-refractivity contribution in [3.8, 4) is 11.6 Å². The van der Waals surface area contributed by atoms with Gasteiger partial charge in [-0.2, -0.15) is 0 Å². The fourth-order valence-corrected chi connectivity index (χ4v) is 2.05. The summed E-state index contributed by atoms with van der Waals surface area (Å²) in [6.45, 7) is 2.52. The topological polar surface area (TPSA) is 44.2 Å². The first-order chi connectivity index (χ1) is 9.74. The van der Waals surface area contributed by atoms with E-state index in [9.17, 15) is 0 Å². The van der Waals surface area contributed by atoms with Gasteiger partial charge in [-0.1, -0.05) is 37.1 Å². The van der Waals surface area contributed by atoms with Crippen LogP contribution in [-0.4, -0.2) is 17.1 Å². The van der Waals surface area contributed by atoms with Gasteiger partial charge in [-0.15, -0.1) is 0 Å². The van der Waals surface area contributed by atoms with Crippen LogP contribution in [0.2, 0.25) is 5.15 Å². The second-order valence-corrected chi connectivity index (χ2v) is 4.69. The van der Waals surface area contributed by atoms with E-state index in [1.807, 2.05) is 24.3 Å². The zero-order valence-corrected chi connectivity index (χ0v) is 12.4. The van der Waals surface area contributed by atoms with Gasteiger partial charge in [0.1, 0.15) is 23.8 Å². The Balaban J connectivity index is 2.08. The van der Waals surface area contributed by atoms with Crippen molar-refractivity contribution in [3.63, 3.8) is 0 Å². The molecule has 2 aromatic rings. The molecule has 106 valence electrons. The van der Waals surface area contributed by atoms with Crippen LogP contribution >= 0.6 is 11.6 Å². The monoisotopic (exact) mass is 292 g/mol. The van der Waals surface area contributed by atoms with Crippen molar-refractivity contribution in [1.29, 1.82) is 0 Å². The minimum atomic E-state index is 0.439. The van der Waals surface area contributed by atoms with E-state index >= 15 is 0 Å². The average molecular weight is 293 g/mol. The van der Waals surface area contributed by atoms with E-state index in [2.05, 4.69) is 16.9 Å². The predicted octanol–water partition coefficient (Wildman–Crippen LogP) is 3.67. The van der Waals surface area contributed by atoms with Crippen LogP contribution in [0.5, 0.6) is 11.6 Å². The average Bonchev–Trinajstić information content (AvgIpc) is 2.48. The van der Waals surface area contributed by atoms with E-state index in [1.165, 1.54) is 6.33 Å². The Morgan fingerprint density at radius 3 is 2.55 bits per heavy atom. The molecule has 0 aliphatic rings. The number of aromatic nitrogens is 2. The van der Waals surface area contributed by atoms with E-state index in [4.69, 9.17) is 21.1 Å². The molecule has 4 nitrogen and oxygen atoms in total. The molecule has 0 saturated heterocycles.